The lowest BCUT2D eigenvalue weighted by Gasteiger charge is -2.26. The summed E-state index contributed by atoms with van der Waals surface area (Å²) in [5.74, 6) is -1.12. The lowest BCUT2D eigenvalue weighted by molar-refractivity contribution is -0.0471. The minimum Gasteiger partial charge on any atom is -0.386 e. The smallest absolute Gasteiger partial charge is 0.203 e. The highest BCUT2D eigenvalue weighted by atomic mass is 79.9. The summed E-state index contributed by atoms with van der Waals surface area (Å²) < 4.78 is 18.0. The third kappa shape index (κ3) is 2.05. The van der Waals surface area contributed by atoms with Crippen LogP contribution in [0.1, 0.15) is 13.2 Å². The molecule has 4 atom stereocenters. The number of nitrogens with zero attached hydrogens (tertiary/aromatic N) is 2. The van der Waals surface area contributed by atoms with Crippen LogP contribution in [0, 0.1) is 10.6 Å². The number of aliphatic hydroxyl groups excluding tert-OH is 1. The Bertz CT molecular complexity index is 538. The summed E-state index contributed by atoms with van der Waals surface area (Å²) in [6, 6.07) is 0. The third-order valence-corrected chi connectivity index (χ3v) is 3.90. The molecule has 0 aliphatic carbocycles. The van der Waals surface area contributed by atoms with Crippen LogP contribution in [0.5, 0.6) is 0 Å². The monoisotopic (exact) mass is 339 g/mol. The molecular formula is C9H11BrFN3O3S. The Morgan fingerprint density at radius 2 is 2.33 bits per heavy atom. The van der Waals surface area contributed by atoms with Gasteiger partial charge in [0.15, 0.2) is 22.4 Å². The molecule has 0 amide bonds. The molecule has 18 heavy (non-hydrogen) atoms. The Kier molecular flexibility index (Phi) is 3.45. The molecule has 0 saturated carbocycles. The molecule has 1 aliphatic heterocycles. The third-order valence-electron chi connectivity index (χ3n) is 2.74. The van der Waals surface area contributed by atoms with E-state index >= 15 is 0 Å². The summed E-state index contributed by atoms with van der Waals surface area (Å²) in [6.07, 6.45) is -1.96. The van der Waals surface area contributed by atoms with Gasteiger partial charge in [-0.1, -0.05) is 0 Å². The van der Waals surface area contributed by atoms with Gasteiger partial charge in [0.2, 0.25) is 4.77 Å². The molecule has 1 saturated heterocycles. The number of ether oxygens (including phenoxy) is 1. The number of aromatic nitrogens is 2. The number of hydrogen-bond donors (Lipinski definition) is 3. The van der Waals surface area contributed by atoms with E-state index in [-0.39, 0.29) is 10.6 Å². The molecule has 1 aromatic heterocycles. The molecule has 100 valence electrons. The normalized spacial score (nSPS) is 35.9. The van der Waals surface area contributed by atoms with Gasteiger partial charge < -0.3 is 20.7 Å². The number of alkyl halides is 1. The largest absolute Gasteiger partial charge is 0.386 e. The van der Waals surface area contributed by atoms with E-state index < -0.39 is 28.8 Å². The predicted octanol–water partition coefficient (Wildman–Crippen LogP) is 0.696. The van der Waals surface area contributed by atoms with Crippen LogP contribution < -0.4 is 5.73 Å². The van der Waals surface area contributed by atoms with Crippen molar-refractivity contribution >= 4 is 34.0 Å². The molecule has 0 bridgehead atoms. The van der Waals surface area contributed by atoms with Crippen LogP contribution in [0.3, 0.4) is 0 Å². The first kappa shape index (κ1) is 13.8. The Balaban J connectivity index is 2.51. The van der Waals surface area contributed by atoms with Gasteiger partial charge in [0.25, 0.3) is 0 Å². The molecule has 0 radical (unpaired) electrons. The van der Waals surface area contributed by atoms with Crippen molar-refractivity contribution in [1.82, 2.24) is 9.55 Å². The summed E-state index contributed by atoms with van der Waals surface area (Å²) in [4.78, 5) is 3.62. The van der Waals surface area contributed by atoms with E-state index in [1.54, 1.807) is 6.92 Å². The van der Waals surface area contributed by atoms with Gasteiger partial charge in [-0.05, 0) is 35.1 Å². The predicted molar refractivity (Wildman–Crippen MR) is 66.9 cm³/mol. The summed E-state index contributed by atoms with van der Waals surface area (Å²) in [5.41, 5.74) is 5.28. The molecule has 6 nitrogen and oxygen atoms in total. The molecule has 2 rings (SSSR count). The van der Waals surface area contributed by atoms with Gasteiger partial charge >= 0.3 is 0 Å². The van der Waals surface area contributed by atoms with E-state index in [0.29, 0.717) is 0 Å². The van der Waals surface area contributed by atoms with Crippen LogP contribution >= 0.6 is 28.1 Å². The zero-order valence-corrected chi connectivity index (χ0v) is 11.7. The minimum absolute atomic E-state index is 0.0573. The molecule has 1 aliphatic rings. The van der Waals surface area contributed by atoms with Crippen LogP contribution in [0.4, 0.5) is 10.2 Å². The van der Waals surface area contributed by atoms with Crippen LogP contribution in [0.15, 0.2) is 6.20 Å². The minimum atomic E-state index is -1.78. The Morgan fingerprint density at radius 1 is 1.72 bits per heavy atom. The van der Waals surface area contributed by atoms with Gasteiger partial charge in [-0.25, -0.2) is 4.39 Å². The molecule has 1 aromatic rings. The lowest BCUT2D eigenvalue weighted by Crippen LogP contribution is -2.40. The average molecular weight is 340 g/mol. The molecule has 1 fully saturated rings. The summed E-state index contributed by atoms with van der Waals surface area (Å²) in [6.45, 7) is 1.57. The fraction of sp³-hybridized carbons (Fsp3) is 0.556. The van der Waals surface area contributed by atoms with Crippen molar-refractivity contribution in [3.63, 3.8) is 0 Å². The standard InChI is InChI=1S/C9H11BrFN3O3S/c1-3-5(15)9(10,16)7(17-3)14-2-4(11)6(12)13-8(14)18/h2-3,5,7,15-16H,1H3,(H2,12,13,18)/t3-,5-,7-,9-/m1/s1. The van der Waals surface area contributed by atoms with Gasteiger partial charge in [-0.15, -0.1) is 0 Å². The van der Waals surface area contributed by atoms with E-state index in [0.717, 1.165) is 10.8 Å². The van der Waals surface area contributed by atoms with Crippen LogP contribution in [-0.4, -0.2) is 36.5 Å². The number of anilines is 1. The molecule has 4 N–H and O–H groups in total. The first-order chi connectivity index (χ1) is 8.25. The topological polar surface area (TPSA) is 93.5 Å². The molecule has 0 spiro atoms. The quantitative estimate of drug-likeness (QED) is 0.515. The van der Waals surface area contributed by atoms with Crippen molar-refractivity contribution in [2.75, 3.05) is 5.73 Å². The number of nitrogen functional groups attached to an aromatic ring is 1. The second-order valence-corrected chi connectivity index (χ2v) is 5.67. The molecular weight excluding hydrogens is 329 g/mol. The number of hydrogen-bond acceptors (Lipinski definition) is 6. The van der Waals surface area contributed by atoms with Crippen LogP contribution in [0.2, 0.25) is 0 Å². The summed E-state index contributed by atoms with van der Waals surface area (Å²) in [7, 11) is 0. The lowest BCUT2D eigenvalue weighted by atomic mass is 10.1. The average Bonchev–Trinajstić information content (AvgIpc) is 2.48. The molecule has 2 heterocycles. The maximum atomic E-state index is 13.4. The SMILES string of the molecule is C[C@H]1O[C@@H](n2cc(F)c(N)nc2=S)[C@@](O)(Br)[C@@H]1O. The maximum Gasteiger partial charge on any atom is 0.203 e. The second kappa shape index (κ2) is 4.49. The van der Waals surface area contributed by atoms with Crippen molar-refractivity contribution in [1.29, 1.82) is 0 Å². The fourth-order valence-corrected chi connectivity index (χ4v) is 2.68. The van der Waals surface area contributed by atoms with Gasteiger partial charge in [0.05, 0.1) is 6.10 Å². The Labute approximate surface area is 115 Å². The zero-order valence-electron chi connectivity index (χ0n) is 9.25. The van der Waals surface area contributed by atoms with Gasteiger partial charge in [-0.3, -0.25) is 4.57 Å². The Morgan fingerprint density at radius 3 is 2.83 bits per heavy atom. The number of halogens is 2. The van der Waals surface area contributed by atoms with E-state index in [9.17, 15) is 14.6 Å². The summed E-state index contributed by atoms with van der Waals surface area (Å²) in [5, 5.41) is 19.9. The zero-order chi connectivity index (χ0) is 13.7. The van der Waals surface area contributed by atoms with Crippen molar-refractivity contribution in [3.05, 3.63) is 16.8 Å². The van der Waals surface area contributed by atoms with E-state index in [1.807, 2.05) is 0 Å². The van der Waals surface area contributed by atoms with E-state index in [2.05, 4.69) is 20.9 Å². The highest BCUT2D eigenvalue weighted by Gasteiger charge is 2.53. The number of rotatable bonds is 1. The van der Waals surface area contributed by atoms with Crippen LogP contribution in [0.25, 0.3) is 0 Å². The van der Waals surface area contributed by atoms with Crippen molar-refractivity contribution in [3.8, 4) is 0 Å². The van der Waals surface area contributed by atoms with Gasteiger partial charge in [-0.2, -0.15) is 4.98 Å². The highest BCUT2D eigenvalue weighted by Crippen LogP contribution is 2.42. The van der Waals surface area contributed by atoms with Gasteiger partial charge in [0, 0.05) is 6.20 Å². The highest BCUT2D eigenvalue weighted by molar-refractivity contribution is 9.10. The fourth-order valence-electron chi connectivity index (χ4n) is 1.73. The Hall–Kier alpha value is -0.610. The molecule has 0 unspecified atom stereocenters. The number of nitrogens with two attached hydrogens (primary N) is 1. The first-order valence-corrected chi connectivity index (χ1v) is 6.24. The molecule has 9 heteroatoms. The second-order valence-electron chi connectivity index (χ2n) is 4.03. The summed E-state index contributed by atoms with van der Waals surface area (Å²) >= 11 is 7.89. The first-order valence-electron chi connectivity index (χ1n) is 5.04. The van der Waals surface area contributed by atoms with Crippen molar-refractivity contribution in [2.45, 2.75) is 29.9 Å². The van der Waals surface area contributed by atoms with Crippen molar-refractivity contribution < 1.29 is 19.3 Å². The van der Waals surface area contributed by atoms with E-state index in [4.69, 9.17) is 22.7 Å². The van der Waals surface area contributed by atoms with Crippen LogP contribution in [-0.2, 0) is 4.74 Å². The maximum absolute atomic E-state index is 13.4. The van der Waals surface area contributed by atoms with Crippen molar-refractivity contribution in [2.24, 2.45) is 0 Å². The van der Waals surface area contributed by atoms with E-state index in [1.165, 1.54) is 0 Å². The molecule has 0 aromatic carbocycles. The number of aliphatic hydroxyl groups is 2. The van der Waals surface area contributed by atoms with Gasteiger partial charge in [0.1, 0.15) is 6.10 Å².